The summed E-state index contributed by atoms with van der Waals surface area (Å²) in [4.78, 5) is 23.3. The van der Waals surface area contributed by atoms with Gasteiger partial charge in [0.2, 0.25) is 5.91 Å². The zero-order chi connectivity index (χ0) is 13.4. The van der Waals surface area contributed by atoms with Gasteiger partial charge in [0, 0.05) is 11.3 Å². The van der Waals surface area contributed by atoms with Crippen molar-refractivity contribution >= 4 is 23.2 Å². The summed E-state index contributed by atoms with van der Waals surface area (Å²) >= 11 is 1.75. The number of aliphatic carboxylic acids is 1. The average molecular weight is 269 g/mol. The molecular formula is C13H19NO3S. The van der Waals surface area contributed by atoms with Crippen LogP contribution < -0.4 is 5.32 Å². The molecule has 0 unspecified atom stereocenters. The summed E-state index contributed by atoms with van der Waals surface area (Å²) in [5, 5.41) is 13.1. The van der Waals surface area contributed by atoms with E-state index in [0.717, 1.165) is 25.7 Å². The van der Waals surface area contributed by atoms with Gasteiger partial charge in [-0.15, -0.1) is 11.3 Å². The highest BCUT2D eigenvalue weighted by Gasteiger charge is 2.12. The van der Waals surface area contributed by atoms with Crippen molar-refractivity contribution in [2.45, 2.75) is 45.1 Å². The molecule has 0 aliphatic rings. The minimum atomic E-state index is -0.999. The molecule has 4 nitrogen and oxygen atoms in total. The van der Waals surface area contributed by atoms with Crippen LogP contribution in [0.4, 0.5) is 0 Å². The fourth-order valence-corrected chi connectivity index (χ4v) is 2.34. The van der Waals surface area contributed by atoms with E-state index in [2.05, 4.69) is 16.8 Å². The first kappa shape index (κ1) is 14.7. The number of hydrogen-bond acceptors (Lipinski definition) is 3. The summed E-state index contributed by atoms with van der Waals surface area (Å²) in [6.45, 7) is 1.47. The van der Waals surface area contributed by atoms with Crippen molar-refractivity contribution < 1.29 is 14.7 Å². The predicted molar refractivity (Wildman–Crippen MR) is 71.7 cm³/mol. The number of aryl methyl sites for hydroxylation is 1. The van der Waals surface area contributed by atoms with Crippen LogP contribution in [0.15, 0.2) is 17.5 Å². The molecule has 0 saturated carbocycles. The normalized spacial score (nSPS) is 12.1. The van der Waals surface area contributed by atoms with Crippen LogP contribution in [0, 0.1) is 0 Å². The van der Waals surface area contributed by atoms with Crippen molar-refractivity contribution in [1.82, 2.24) is 5.32 Å². The quantitative estimate of drug-likeness (QED) is 0.712. The van der Waals surface area contributed by atoms with Crippen molar-refractivity contribution in [1.29, 1.82) is 0 Å². The standard InChI is InChI=1S/C13H19NO3S/c1-10(13(16)17)14-12(15)8-4-2-3-6-11-7-5-9-18-11/h5,7,9-10H,2-4,6,8H2,1H3,(H,14,15)(H,16,17)/t10-/m0/s1. The van der Waals surface area contributed by atoms with Gasteiger partial charge < -0.3 is 10.4 Å². The second-order valence-electron chi connectivity index (χ2n) is 4.27. The lowest BCUT2D eigenvalue weighted by Gasteiger charge is -2.08. The second kappa shape index (κ2) is 7.87. The summed E-state index contributed by atoms with van der Waals surface area (Å²) < 4.78 is 0. The Bertz CT molecular complexity index is 376. The summed E-state index contributed by atoms with van der Waals surface area (Å²) in [6.07, 6.45) is 4.34. The lowest BCUT2D eigenvalue weighted by molar-refractivity contribution is -0.141. The number of amides is 1. The zero-order valence-corrected chi connectivity index (χ0v) is 11.3. The van der Waals surface area contributed by atoms with Crippen LogP contribution in [-0.2, 0) is 16.0 Å². The summed E-state index contributed by atoms with van der Waals surface area (Å²) in [6, 6.07) is 3.36. The van der Waals surface area contributed by atoms with Gasteiger partial charge in [0.1, 0.15) is 6.04 Å². The molecule has 18 heavy (non-hydrogen) atoms. The van der Waals surface area contributed by atoms with Crippen molar-refractivity contribution in [2.24, 2.45) is 0 Å². The molecular weight excluding hydrogens is 250 g/mol. The van der Waals surface area contributed by atoms with Gasteiger partial charge in [-0.3, -0.25) is 9.59 Å². The molecule has 0 fully saturated rings. The number of carboxylic acids is 1. The molecule has 0 radical (unpaired) electrons. The third kappa shape index (κ3) is 5.82. The molecule has 100 valence electrons. The van der Waals surface area contributed by atoms with Crippen LogP contribution in [-0.4, -0.2) is 23.0 Å². The first-order valence-electron chi connectivity index (χ1n) is 6.14. The van der Waals surface area contributed by atoms with Crippen molar-refractivity contribution in [2.75, 3.05) is 0 Å². The molecule has 2 N–H and O–H groups in total. The molecule has 0 spiro atoms. The molecule has 1 atom stereocenters. The molecule has 1 rings (SSSR count). The fraction of sp³-hybridized carbons (Fsp3) is 0.538. The van der Waals surface area contributed by atoms with Crippen LogP contribution in [0.1, 0.15) is 37.5 Å². The Morgan fingerprint density at radius 2 is 2.17 bits per heavy atom. The van der Waals surface area contributed by atoms with Gasteiger partial charge in [-0.2, -0.15) is 0 Å². The molecule has 0 bridgehead atoms. The predicted octanol–water partition coefficient (Wildman–Crippen LogP) is 2.44. The lowest BCUT2D eigenvalue weighted by atomic mass is 10.1. The Morgan fingerprint density at radius 3 is 2.78 bits per heavy atom. The van der Waals surface area contributed by atoms with Gasteiger partial charge in [0.05, 0.1) is 0 Å². The monoisotopic (exact) mass is 269 g/mol. The van der Waals surface area contributed by atoms with E-state index in [-0.39, 0.29) is 5.91 Å². The highest BCUT2D eigenvalue weighted by molar-refractivity contribution is 7.09. The van der Waals surface area contributed by atoms with Crippen LogP contribution in [0.25, 0.3) is 0 Å². The summed E-state index contributed by atoms with van der Waals surface area (Å²) in [5.41, 5.74) is 0. The van der Waals surface area contributed by atoms with Crippen LogP contribution in [0.3, 0.4) is 0 Å². The molecule has 1 amide bonds. The van der Waals surface area contributed by atoms with E-state index in [9.17, 15) is 9.59 Å². The molecule has 5 heteroatoms. The van der Waals surface area contributed by atoms with E-state index >= 15 is 0 Å². The van der Waals surface area contributed by atoms with E-state index in [1.54, 1.807) is 11.3 Å². The van der Waals surface area contributed by atoms with Gasteiger partial charge >= 0.3 is 5.97 Å². The van der Waals surface area contributed by atoms with Gasteiger partial charge in [-0.05, 0) is 37.6 Å². The number of carbonyl (C=O) groups is 2. The molecule has 1 heterocycles. The summed E-state index contributed by atoms with van der Waals surface area (Å²) in [5.74, 6) is -1.18. The number of carbonyl (C=O) groups excluding carboxylic acids is 1. The molecule has 0 saturated heterocycles. The van der Waals surface area contributed by atoms with E-state index in [1.807, 2.05) is 6.07 Å². The van der Waals surface area contributed by atoms with Gasteiger partial charge in [0.15, 0.2) is 0 Å². The molecule has 1 aromatic rings. The van der Waals surface area contributed by atoms with E-state index in [1.165, 1.54) is 11.8 Å². The zero-order valence-electron chi connectivity index (χ0n) is 10.5. The largest absolute Gasteiger partial charge is 0.480 e. The van der Waals surface area contributed by atoms with Crippen LogP contribution in [0.5, 0.6) is 0 Å². The second-order valence-corrected chi connectivity index (χ2v) is 5.30. The number of unbranched alkanes of at least 4 members (excludes halogenated alkanes) is 2. The van der Waals surface area contributed by atoms with Gasteiger partial charge in [0.25, 0.3) is 0 Å². The third-order valence-corrected chi connectivity index (χ3v) is 3.59. The topological polar surface area (TPSA) is 66.4 Å². The van der Waals surface area contributed by atoms with Gasteiger partial charge in [-0.1, -0.05) is 12.5 Å². The Kier molecular flexibility index (Phi) is 6.43. The Morgan fingerprint density at radius 1 is 1.39 bits per heavy atom. The first-order valence-corrected chi connectivity index (χ1v) is 7.02. The maximum atomic E-state index is 11.4. The Hall–Kier alpha value is -1.36. The molecule has 0 aliphatic heterocycles. The van der Waals surface area contributed by atoms with Gasteiger partial charge in [-0.25, -0.2) is 0 Å². The van der Waals surface area contributed by atoms with E-state index < -0.39 is 12.0 Å². The fourth-order valence-electron chi connectivity index (χ4n) is 1.59. The van der Waals surface area contributed by atoms with Crippen molar-refractivity contribution in [3.8, 4) is 0 Å². The number of thiophene rings is 1. The number of carboxylic acid groups (broad SMARTS) is 1. The Balaban J connectivity index is 2.03. The Labute approximate surface area is 111 Å². The highest BCUT2D eigenvalue weighted by atomic mass is 32.1. The third-order valence-electron chi connectivity index (χ3n) is 2.66. The minimum Gasteiger partial charge on any atom is -0.480 e. The molecule has 0 aliphatic carbocycles. The number of nitrogens with one attached hydrogen (secondary N) is 1. The molecule has 0 aromatic carbocycles. The minimum absolute atomic E-state index is 0.180. The van der Waals surface area contributed by atoms with Crippen molar-refractivity contribution in [3.63, 3.8) is 0 Å². The van der Waals surface area contributed by atoms with Crippen LogP contribution >= 0.6 is 11.3 Å². The SMILES string of the molecule is C[C@H](NC(=O)CCCCCc1cccs1)C(=O)O. The number of rotatable bonds is 8. The maximum absolute atomic E-state index is 11.4. The van der Waals surface area contributed by atoms with E-state index in [4.69, 9.17) is 5.11 Å². The summed E-state index contributed by atoms with van der Waals surface area (Å²) in [7, 11) is 0. The first-order chi connectivity index (χ1) is 8.59. The van der Waals surface area contributed by atoms with Crippen molar-refractivity contribution in [3.05, 3.63) is 22.4 Å². The smallest absolute Gasteiger partial charge is 0.325 e. The number of hydrogen-bond donors (Lipinski definition) is 2. The molecule has 1 aromatic heterocycles. The highest BCUT2D eigenvalue weighted by Crippen LogP contribution is 2.13. The average Bonchev–Trinajstić information content (AvgIpc) is 2.81. The lowest BCUT2D eigenvalue weighted by Crippen LogP contribution is -2.38. The van der Waals surface area contributed by atoms with Crippen LogP contribution in [0.2, 0.25) is 0 Å². The van der Waals surface area contributed by atoms with E-state index in [0.29, 0.717) is 6.42 Å². The maximum Gasteiger partial charge on any atom is 0.325 e.